The van der Waals surface area contributed by atoms with E-state index in [0.29, 0.717) is 28.9 Å². The van der Waals surface area contributed by atoms with Gasteiger partial charge in [0.1, 0.15) is 11.8 Å². The molecule has 23 heavy (non-hydrogen) atoms. The van der Waals surface area contributed by atoms with Crippen LogP contribution in [0.1, 0.15) is 39.2 Å². The van der Waals surface area contributed by atoms with Gasteiger partial charge in [-0.3, -0.25) is 4.79 Å². The Hall–Kier alpha value is -1.73. The first-order valence-corrected chi connectivity index (χ1v) is 8.31. The van der Waals surface area contributed by atoms with E-state index in [1.54, 1.807) is 18.2 Å². The van der Waals surface area contributed by atoms with Crippen LogP contribution in [0.25, 0.3) is 0 Å². The number of hydrogen-bond acceptors (Lipinski definition) is 3. The van der Waals surface area contributed by atoms with E-state index >= 15 is 0 Å². The molecule has 0 spiro atoms. The monoisotopic (exact) mass is 334 g/mol. The predicted molar refractivity (Wildman–Crippen MR) is 90.4 cm³/mol. The van der Waals surface area contributed by atoms with Gasteiger partial charge >= 0.3 is 0 Å². The number of nitrogens with zero attached hydrogens (tertiary/aromatic N) is 2. The van der Waals surface area contributed by atoms with Gasteiger partial charge in [0.05, 0.1) is 17.2 Å². The van der Waals surface area contributed by atoms with Crippen molar-refractivity contribution < 1.29 is 9.53 Å². The largest absolute Gasteiger partial charge is 0.493 e. The van der Waals surface area contributed by atoms with Crippen LogP contribution in [0.4, 0.5) is 0 Å². The lowest BCUT2D eigenvalue weighted by Gasteiger charge is -2.35. The first kappa shape index (κ1) is 17.6. The van der Waals surface area contributed by atoms with Crippen LogP contribution in [0.2, 0.25) is 5.02 Å². The maximum atomic E-state index is 12.3. The Bertz CT molecular complexity index is 608. The van der Waals surface area contributed by atoms with Gasteiger partial charge < -0.3 is 9.64 Å². The molecule has 0 saturated carbocycles. The highest BCUT2D eigenvalue weighted by Gasteiger charge is 2.30. The molecule has 1 aromatic carbocycles. The van der Waals surface area contributed by atoms with Crippen molar-refractivity contribution in [2.45, 2.75) is 33.6 Å². The fraction of sp³-hybridized carbons (Fsp3) is 0.556. The zero-order valence-electron chi connectivity index (χ0n) is 13.9. The van der Waals surface area contributed by atoms with E-state index in [1.165, 1.54) is 0 Å². The number of rotatable bonds is 3. The van der Waals surface area contributed by atoms with Gasteiger partial charge in [-0.15, -0.1) is 0 Å². The van der Waals surface area contributed by atoms with Gasteiger partial charge in [0.15, 0.2) is 0 Å². The van der Waals surface area contributed by atoms with Crippen LogP contribution in [0.3, 0.4) is 0 Å². The van der Waals surface area contributed by atoms with Gasteiger partial charge in [-0.2, -0.15) is 5.26 Å². The molecule has 0 aliphatic carbocycles. The molecule has 5 heteroatoms. The molecular formula is C18H23ClN2O2. The smallest absolute Gasteiger partial charge is 0.227 e. The highest BCUT2D eigenvalue weighted by Crippen LogP contribution is 2.26. The van der Waals surface area contributed by atoms with Crippen LogP contribution in [-0.4, -0.2) is 30.5 Å². The van der Waals surface area contributed by atoms with Gasteiger partial charge in [-0.1, -0.05) is 32.4 Å². The Morgan fingerprint density at radius 3 is 2.57 bits per heavy atom. The average Bonchev–Trinajstić information content (AvgIpc) is 2.52. The first-order valence-electron chi connectivity index (χ1n) is 7.93. The topological polar surface area (TPSA) is 53.3 Å². The molecule has 124 valence electrons. The van der Waals surface area contributed by atoms with Crippen LogP contribution in [0.5, 0.6) is 5.75 Å². The second-order valence-electron chi connectivity index (χ2n) is 7.05. The van der Waals surface area contributed by atoms with Crippen molar-refractivity contribution in [2.75, 3.05) is 19.7 Å². The molecule has 4 nitrogen and oxygen atoms in total. The van der Waals surface area contributed by atoms with Gasteiger partial charge in [-0.05, 0) is 30.9 Å². The number of piperidine rings is 1. The highest BCUT2D eigenvalue weighted by atomic mass is 35.5. The third kappa shape index (κ3) is 4.62. The summed E-state index contributed by atoms with van der Waals surface area (Å²) in [6.45, 7) is 8.06. The van der Waals surface area contributed by atoms with E-state index in [0.717, 1.165) is 25.9 Å². The van der Waals surface area contributed by atoms with Crippen LogP contribution in [0, 0.1) is 22.7 Å². The summed E-state index contributed by atoms with van der Waals surface area (Å²) in [5.74, 6) is 1.34. The van der Waals surface area contributed by atoms with Crippen LogP contribution in [0.15, 0.2) is 18.2 Å². The van der Waals surface area contributed by atoms with Gasteiger partial charge in [0.25, 0.3) is 0 Å². The number of likely N-dealkylation sites (tertiary alicyclic amines) is 1. The van der Waals surface area contributed by atoms with Crippen molar-refractivity contribution >= 4 is 17.5 Å². The molecule has 1 heterocycles. The Kier molecular flexibility index (Phi) is 5.54. The summed E-state index contributed by atoms with van der Waals surface area (Å²) in [6.07, 6.45) is 1.90. The summed E-state index contributed by atoms with van der Waals surface area (Å²) in [5, 5.41) is 9.28. The summed E-state index contributed by atoms with van der Waals surface area (Å²) in [4.78, 5) is 14.2. The SMILES string of the molecule is CC(C)(C)C(=O)N1CCC(COc2ccc(C#N)c(Cl)c2)CC1. The summed E-state index contributed by atoms with van der Waals surface area (Å²) >= 11 is 6.00. The fourth-order valence-electron chi connectivity index (χ4n) is 2.67. The number of halogens is 1. The molecule has 1 amide bonds. The van der Waals surface area contributed by atoms with E-state index in [1.807, 2.05) is 31.7 Å². The van der Waals surface area contributed by atoms with E-state index < -0.39 is 0 Å². The number of carbonyl (C=O) groups is 1. The Balaban J connectivity index is 1.82. The lowest BCUT2D eigenvalue weighted by atomic mass is 9.91. The van der Waals surface area contributed by atoms with Crippen molar-refractivity contribution in [3.05, 3.63) is 28.8 Å². The maximum absolute atomic E-state index is 12.3. The third-order valence-electron chi connectivity index (χ3n) is 4.09. The number of carbonyl (C=O) groups excluding carboxylic acids is 1. The summed E-state index contributed by atoms with van der Waals surface area (Å²) in [6, 6.07) is 7.14. The Morgan fingerprint density at radius 1 is 1.39 bits per heavy atom. The first-order chi connectivity index (χ1) is 10.8. The third-order valence-corrected chi connectivity index (χ3v) is 4.40. The highest BCUT2D eigenvalue weighted by molar-refractivity contribution is 6.31. The summed E-state index contributed by atoms with van der Waals surface area (Å²) < 4.78 is 5.79. The van der Waals surface area contributed by atoms with Gasteiger partial charge in [0.2, 0.25) is 5.91 Å². The van der Waals surface area contributed by atoms with Crippen LogP contribution < -0.4 is 4.74 Å². The molecule has 0 atom stereocenters. The second-order valence-corrected chi connectivity index (χ2v) is 7.46. The zero-order chi connectivity index (χ0) is 17.0. The van der Waals surface area contributed by atoms with E-state index in [4.69, 9.17) is 21.6 Å². The van der Waals surface area contributed by atoms with Crippen LogP contribution in [-0.2, 0) is 4.79 Å². The standard InChI is InChI=1S/C18H23ClN2O2/c1-18(2,3)17(22)21-8-6-13(7-9-21)12-23-15-5-4-14(11-20)16(19)10-15/h4-5,10,13H,6-9,12H2,1-3H3. The van der Waals surface area contributed by atoms with Crippen molar-refractivity contribution in [3.63, 3.8) is 0 Å². The Morgan fingerprint density at radius 2 is 2.04 bits per heavy atom. The number of hydrogen-bond donors (Lipinski definition) is 0. The minimum Gasteiger partial charge on any atom is -0.493 e. The lowest BCUT2D eigenvalue weighted by molar-refractivity contribution is -0.141. The molecule has 0 bridgehead atoms. The summed E-state index contributed by atoms with van der Waals surface area (Å²) in [7, 11) is 0. The molecule has 0 aromatic heterocycles. The fourth-order valence-corrected chi connectivity index (χ4v) is 2.88. The lowest BCUT2D eigenvalue weighted by Crippen LogP contribution is -2.44. The molecular weight excluding hydrogens is 312 g/mol. The molecule has 0 unspecified atom stereocenters. The molecule has 1 aromatic rings. The summed E-state index contributed by atoms with van der Waals surface area (Å²) in [5.41, 5.74) is 0.135. The average molecular weight is 335 g/mol. The van der Waals surface area contributed by atoms with Crippen molar-refractivity contribution in [2.24, 2.45) is 11.3 Å². The molecule has 1 aliphatic rings. The number of amides is 1. The molecule has 1 saturated heterocycles. The van der Waals surface area contributed by atoms with E-state index in [2.05, 4.69) is 0 Å². The normalized spacial score (nSPS) is 16.0. The zero-order valence-corrected chi connectivity index (χ0v) is 14.7. The van der Waals surface area contributed by atoms with Crippen molar-refractivity contribution in [3.8, 4) is 11.8 Å². The minimum atomic E-state index is -0.317. The van der Waals surface area contributed by atoms with Crippen molar-refractivity contribution in [1.82, 2.24) is 4.90 Å². The minimum absolute atomic E-state index is 0.218. The predicted octanol–water partition coefficient (Wildman–Crippen LogP) is 3.88. The van der Waals surface area contributed by atoms with Crippen molar-refractivity contribution in [1.29, 1.82) is 5.26 Å². The molecule has 1 aliphatic heterocycles. The van der Waals surface area contributed by atoms with E-state index in [-0.39, 0.29) is 11.3 Å². The van der Waals surface area contributed by atoms with Gasteiger partial charge in [0, 0.05) is 24.6 Å². The Labute approximate surface area is 143 Å². The number of benzene rings is 1. The molecule has 1 fully saturated rings. The van der Waals surface area contributed by atoms with Gasteiger partial charge in [-0.25, -0.2) is 0 Å². The molecule has 0 radical (unpaired) electrons. The maximum Gasteiger partial charge on any atom is 0.227 e. The van der Waals surface area contributed by atoms with E-state index in [9.17, 15) is 4.79 Å². The second kappa shape index (κ2) is 7.23. The number of ether oxygens (including phenoxy) is 1. The quantitative estimate of drug-likeness (QED) is 0.843. The molecule has 2 rings (SSSR count). The van der Waals surface area contributed by atoms with Crippen LogP contribution >= 0.6 is 11.6 Å². The molecule has 0 N–H and O–H groups in total. The number of nitriles is 1.